The minimum Gasteiger partial charge on any atom is -0.132 e. The molecule has 0 aliphatic carbocycles. The molecule has 2 rings (SSSR count). The molecule has 0 saturated carbocycles. The van der Waals surface area contributed by atoms with Gasteiger partial charge in [-0.2, -0.15) is 0 Å². The lowest BCUT2D eigenvalue weighted by Gasteiger charge is -1.87. The number of nitrogens with zero attached hydrogens (tertiary/aromatic N) is 8. The van der Waals surface area contributed by atoms with Crippen molar-refractivity contribution in [3.63, 3.8) is 0 Å². The zero-order valence-corrected chi connectivity index (χ0v) is 7.44. The van der Waals surface area contributed by atoms with Gasteiger partial charge in [0.15, 0.2) is 11.0 Å². The number of azide groups is 1. The molecule has 14 heavy (non-hydrogen) atoms. The van der Waals surface area contributed by atoms with Crippen LogP contribution in [0, 0.1) is 0 Å². The molecule has 0 bridgehead atoms. The first-order chi connectivity index (χ1) is 6.85. The third-order valence-electron chi connectivity index (χ3n) is 1.73. The lowest BCUT2D eigenvalue weighted by molar-refractivity contribution is -0.728. The fourth-order valence-corrected chi connectivity index (χ4v) is 1.11. The summed E-state index contributed by atoms with van der Waals surface area (Å²) >= 11 is 0. The molecular weight excluding hydrogens is 184 g/mol. The molecule has 8 heteroatoms. The van der Waals surface area contributed by atoms with Crippen molar-refractivity contribution in [3.05, 3.63) is 22.6 Å². The van der Waals surface area contributed by atoms with E-state index in [-0.39, 0.29) is 5.82 Å². The van der Waals surface area contributed by atoms with Gasteiger partial charge in [0.25, 0.3) is 0 Å². The number of hydrogen-bond acceptors (Lipinski definition) is 4. The molecule has 0 unspecified atom stereocenters. The molecule has 2 aromatic rings. The molecule has 0 aromatic carbocycles. The van der Waals surface area contributed by atoms with Gasteiger partial charge < -0.3 is 0 Å². The highest BCUT2D eigenvalue weighted by atomic mass is 15.6. The van der Waals surface area contributed by atoms with Crippen LogP contribution in [0.3, 0.4) is 0 Å². The first-order valence-electron chi connectivity index (χ1n) is 4.03. The summed E-state index contributed by atoms with van der Waals surface area (Å²) in [4.78, 5) is 2.63. The maximum absolute atomic E-state index is 8.21. The van der Waals surface area contributed by atoms with Gasteiger partial charge in [0.2, 0.25) is 0 Å². The Hall–Kier alpha value is -2.21. The van der Waals surface area contributed by atoms with Crippen molar-refractivity contribution < 1.29 is 4.68 Å². The van der Waals surface area contributed by atoms with Gasteiger partial charge in [-0.1, -0.05) is 5.10 Å². The van der Waals surface area contributed by atoms with Crippen molar-refractivity contribution in [2.75, 3.05) is 0 Å². The van der Waals surface area contributed by atoms with Crippen LogP contribution in [-0.2, 0) is 6.54 Å². The zero-order chi connectivity index (χ0) is 9.97. The van der Waals surface area contributed by atoms with Crippen molar-refractivity contribution in [2.24, 2.45) is 5.11 Å². The van der Waals surface area contributed by atoms with Gasteiger partial charge in [-0.15, -0.1) is 4.68 Å². The van der Waals surface area contributed by atoms with E-state index in [0.717, 1.165) is 5.65 Å². The van der Waals surface area contributed by atoms with E-state index in [1.165, 1.54) is 4.63 Å². The van der Waals surface area contributed by atoms with E-state index in [0.29, 0.717) is 6.54 Å². The molecular formula is C6H7N8+. The summed E-state index contributed by atoms with van der Waals surface area (Å²) in [5, 5.41) is 14.9. The molecule has 0 aliphatic heterocycles. The fraction of sp³-hybridized carbons (Fsp3) is 0.333. The normalized spacial score (nSPS) is 10.1. The summed E-state index contributed by atoms with van der Waals surface area (Å²) in [6.45, 7) is 2.67. The van der Waals surface area contributed by atoms with Crippen LogP contribution in [0.4, 0.5) is 5.82 Å². The highest BCUT2D eigenvalue weighted by Gasteiger charge is 2.12. The minimum atomic E-state index is 0.271. The second-order valence-electron chi connectivity index (χ2n) is 2.52. The Morgan fingerprint density at radius 3 is 3.21 bits per heavy atom. The molecule has 0 atom stereocenters. The second kappa shape index (κ2) is 3.27. The molecule has 0 spiro atoms. The van der Waals surface area contributed by atoms with E-state index in [1.807, 2.05) is 6.92 Å². The number of hydrogen-bond donors (Lipinski definition) is 0. The largest absolute Gasteiger partial charge is 0.310 e. The summed E-state index contributed by atoms with van der Waals surface area (Å²) in [6.07, 6.45) is 0. The smallest absolute Gasteiger partial charge is 0.132 e. The van der Waals surface area contributed by atoms with Gasteiger partial charge in [-0.25, -0.2) is 0 Å². The average molecular weight is 191 g/mol. The maximum atomic E-state index is 8.21. The Bertz CT molecular complexity index is 508. The van der Waals surface area contributed by atoms with E-state index in [2.05, 4.69) is 25.6 Å². The average Bonchev–Trinajstić information content (AvgIpc) is 2.60. The van der Waals surface area contributed by atoms with Gasteiger partial charge in [0.1, 0.15) is 5.21 Å². The number of aromatic nitrogens is 5. The van der Waals surface area contributed by atoms with E-state index in [4.69, 9.17) is 5.53 Å². The van der Waals surface area contributed by atoms with Gasteiger partial charge in [-0.05, 0) is 23.6 Å². The number of fused-ring (bicyclic) bond motifs is 1. The molecule has 0 saturated heterocycles. The second-order valence-corrected chi connectivity index (χ2v) is 2.52. The Balaban J connectivity index is 2.62. The van der Waals surface area contributed by atoms with Crippen LogP contribution in [0.1, 0.15) is 6.92 Å². The predicted octanol–water partition coefficient (Wildman–Crippen LogP) is 0.373. The van der Waals surface area contributed by atoms with E-state index in [1.54, 1.807) is 16.8 Å². The van der Waals surface area contributed by atoms with Crippen molar-refractivity contribution in [1.82, 2.24) is 20.2 Å². The SMILES string of the molecule is CC[n+]1nnn2nc(N=[N+]=[N-])ccc21. The molecule has 2 heterocycles. The summed E-state index contributed by atoms with van der Waals surface area (Å²) in [5.74, 6) is 0.271. The number of aryl methyl sites for hydroxylation is 1. The molecule has 2 aromatic heterocycles. The monoisotopic (exact) mass is 191 g/mol. The van der Waals surface area contributed by atoms with Crippen LogP contribution in [0.15, 0.2) is 17.2 Å². The van der Waals surface area contributed by atoms with Crippen molar-refractivity contribution in [1.29, 1.82) is 0 Å². The lowest BCUT2D eigenvalue weighted by Crippen LogP contribution is -2.34. The predicted molar refractivity (Wildman–Crippen MR) is 45.5 cm³/mol. The van der Waals surface area contributed by atoms with E-state index >= 15 is 0 Å². The van der Waals surface area contributed by atoms with E-state index in [9.17, 15) is 0 Å². The highest BCUT2D eigenvalue weighted by Crippen LogP contribution is 2.06. The molecule has 8 nitrogen and oxygen atoms in total. The molecule has 0 N–H and O–H groups in total. The fourth-order valence-electron chi connectivity index (χ4n) is 1.11. The Morgan fingerprint density at radius 2 is 2.50 bits per heavy atom. The molecule has 0 radical (unpaired) electrons. The Morgan fingerprint density at radius 1 is 1.64 bits per heavy atom. The molecule has 70 valence electrons. The Kier molecular flexibility index (Phi) is 1.96. The summed E-state index contributed by atoms with van der Waals surface area (Å²) < 4.78 is 3.01. The highest BCUT2D eigenvalue weighted by molar-refractivity contribution is 5.35. The van der Waals surface area contributed by atoms with Crippen molar-refractivity contribution in [3.8, 4) is 0 Å². The summed E-state index contributed by atoms with van der Waals surface area (Å²) in [6, 6.07) is 3.37. The van der Waals surface area contributed by atoms with Gasteiger partial charge in [-0.3, -0.25) is 0 Å². The van der Waals surface area contributed by atoms with E-state index < -0.39 is 0 Å². The quantitative estimate of drug-likeness (QED) is 0.297. The molecule has 0 amide bonds. The number of tetrazole rings is 1. The standard InChI is InChI=1S/C6H7N8/c1-2-13-6-4-3-5(8-10-7)9-14(6)12-11-13/h3-4H,2H2,1H3/q+1. The van der Waals surface area contributed by atoms with Crippen LogP contribution in [0.5, 0.6) is 0 Å². The third kappa shape index (κ3) is 1.23. The minimum absolute atomic E-state index is 0.271. The van der Waals surface area contributed by atoms with Crippen LogP contribution in [0.2, 0.25) is 0 Å². The topological polar surface area (TPSA) is 95.7 Å². The third-order valence-corrected chi connectivity index (χ3v) is 1.73. The Labute approximate surface area is 78.4 Å². The van der Waals surface area contributed by atoms with Gasteiger partial charge in [0, 0.05) is 15.6 Å². The first-order valence-corrected chi connectivity index (χ1v) is 4.03. The zero-order valence-electron chi connectivity index (χ0n) is 7.44. The van der Waals surface area contributed by atoms with Gasteiger partial charge in [0.05, 0.1) is 6.54 Å². The molecule has 0 fully saturated rings. The van der Waals surface area contributed by atoms with Crippen LogP contribution in [0.25, 0.3) is 16.1 Å². The van der Waals surface area contributed by atoms with Crippen molar-refractivity contribution >= 4 is 11.5 Å². The lowest BCUT2D eigenvalue weighted by atomic mass is 10.5. The molecule has 0 aliphatic rings. The first kappa shape index (κ1) is 8.39. The van der Waals surface area contributed by atoms with Gasteiger partial charge >= 0.3 is 5.65 Å². The van der Waals surface area contributed by atoms with Crippen LogP contribution >= 0.6 is 0 Å². The van der Waals surface area contributed by atoms with Crippen molar-refractivity contribution in [2.45, 2.75) is 13.5 Å². The van der Waals surface area contributed by atoms with Crippen LogP contribution < -0.4 is 4.68 Å². The summed E-state index contributed by atoms with van der Waals surface area (Å²) in [7, 11) is 0. The van der Waals surface area contributed by atoms with Crippen LogP contribution in [-0.4, -0.2) is 20.2 Å². The maximum Gasteiger partial charge on any atom is 0.310 e. The summed E-state index contributed by atoms with van der Waals surface area (Å²) in [5.41, 5.74) is 8.97. The number of rotatable bonds is 2.